The lowest BCUT2D eigenvalue weighted by Crippen LogP contribution is -2.46. The Morgan fingerprint density at radius 1 is 0.848 bits per heavy atom. The van der Waals surface area contributed by atoms with Crippen molar-refractivity contribution in [2.75, 3.05) is 53.2 Å². The Kier molecular flexibility index (Phi) is 9.21. The predicted octanol–water partition coefficient (Wildman–Crippen LogP) is 7.75. The van der Waals surface area contributed by atoms with E-state index in [1.165, 1.54) is 11.6 Å². The van der Waals surface area contributed by atoms with Crippen LogP contribution in [-0.2, 0) is 13.0 Å². The van der Waals surface area contributed by atoms with E-state index < -0.39 is 23.4 Å². The Morgan fingerprint density at radius 2 is 1.59 bits per heavy atom. The van der Waals surface area contributed by atoms with Crippen LogP contribution in [0.4, 0.5) is 36.3 Å². The molecule has 238 valence electrons. The summed E-state index contributed by atoms with van der Waals surface area (Å²) < 4.78 is 34.1. The molecule has 2 heterocycles. The molecular weight excluding hydrogens is 584 g/mol. The van der Waals surface area contributed by atoms with Crippen molar-refractivity contribution in [2.45, 2.75) is 32.9 Å². The van der Waals surface area contributed by atoms with Gasteiger partial charge in [0.25, 0.3) is 0 Å². The van der Waals surface area contributed by atoms with Gasteiger partial charge in [-0.1, -0.05) is 49.0 Å². The van der Waals surface area contributed by atoms with Gasteiger partial charge in [-0.05, 0) is 79.4 Å². The van der Waals surface area contributed by atoms with Gasteiger partial charge >= 0.3 is 6.03 Å². The summed E-state index contributed by atoms with van der Waals surface area (Å²) in [5.41, 5.74) is 6.40. The summed E-state index contributed by atoms with van der Waals surface area (Å²) in [6.45, 7) is 13.9. The zero-order valence-electron chi connectivity index (χ0n) is 26.2. The highest BCUT2D eigenvalue weighted by atomic mass is 19.1. The first kappa shape index (κ1) is 31.1. The van der Waals surface area contributed by atoms with E-state index in [4.69, 9.17) is 4.74 Å². The second-order valence-corrected chi connectivity index (χ2v) is 12.0. The molecule has 0 aliphatic carbocycles. The first-order valence-electron chi connectivity index (χ1n) is 15.7. The number of amides is 2. The van der Waals surface area contributed by atoms with Crippen LogP contribution >= 0.6 is 0 Å². The predicted molar refractivity (Wildman–Crippen MR) is 182 cm³/mol. The van der Waals surface area contributed by atoms with Crippen LogP contribution in [0.2, 0.25) is 0 Å². The van der Waals surface area contributed by atoms with Crippen molar-refractivity contribution in [1.82, 2.24) is 4.90 Å². The Labute approximate surface area is 269 Å². The molecule has 7 nitrogen and oxygen atoms in total. The number of hydrogen-bond donors (Lipinski definition) is 2. The highest BCUT2D eigenvalue weighted by molar-refractivity contribution is 6.00. The Bertz CT molecular complexity index is 1710. The van der Waals surface area contributed by atoms with Crippen molar-refractivity contribution in [3.8, 4) is 5.75 Å². The van der Waals surface area contributed by atoms with Crippen molar-refractivity contribution < 1.29 is 18.3 Å². The van der Waals surface area contributed by atoms with Gasteiger partial charge in [-0.25, -0.2) is 13.6 Å². The zero-order valence-corrected chi connectivity index (χ0v) is 26.2. The molecule has 0 saturated carbocycles. The van der Waals surface area contributed by atoms with Gasteiger partial charge < -0.3 is 25.2 Å². The average molecular weight is 624 g/mol. The molecule has 4 aromatic carbocycles. The molecule has 0 aromatic heterocycles. The van der Waals surface area contributed by atoms with Gasteiger partial charge in [-0.15, -0.1) is 0 Å². The van der Waals surface area contributed by atoms with Crippen molar-refractivity contribution in [1.29, 1.82) is 0 Å². The molecule has 4 aromatic rings. The Balaban J connectivity index is 1.08. The first-order valence-corrected chi connectivity index (χ1v) is 15.7. The SMILES string of the molecule is C=C(c1cccc(CN2CCN(c3ccccc3OC(C)C)CC2)c1)N1CCc2ccc(NC(=O)Nc3c(F)cccc3F)cc21. The second-order valence-electron chi connectivity index (χ2n) is 12.0. The summed E-state index contributed by atoms with van der Waals surface area (Å²) in [5.74, 6) is -0.743. The molecule has 2 aliphatic rings. The number of anilines is 4. The molecular formula is C37H39F2N5O2. The number of urea groups is 1. The van der Waals surface area contributed by atoms with E-state index in [0.29, 0.717) is 5.69 Å². The lowest BCUT2D eigenvalue weighted by Gasteiger charge is -2.37. The monoisotopic (exact) mass is 623 g/mol. The third-order valence-corrected chi connectivity index (χ3v) is 8.37. The molecule has 0 unspecified atom stereocenters. The average Bonchev–Trinajstić information content (AvgIpc) is 3.46. The van der Waals surface area contributed by atoms with Gasteiger partial charge in [0.05, 0.1) is 11.8 Å². The second kappa shape index (κ2) is 13.6. The van der Waals surface area contributed by atoms with Crippen LogP contribution in [0.1, 0.15) is 30.5 Å². The maximum absolute atomic E-state index is 14.0. The fraction of sp³-hybridized carbons (Fsp3) is 0.270. The Morgan fingerprint density at radius 3 is 2.35 bits per heavy atom. The smallest absolute Gasteiger partial charge is 0.323 e. The summed E-state index contributed by atoms with van der Waals surface area (Å²) in [5, 5.41) is 4.97. The number of carbonyl (C=O) groups excluding carboxylic acids is 1. The maximum Gasteiger partial charge on any atom is 0.323 e. The van der Waals surface area contributed by atoms with E-state index in [-0.39, 0.29) is 6.10 Å². The van der Waals surface area contributed by atoms with Crippen LogP contribution in [0.25, 0.3) is 5.70 Å². The molecule has 1 fully saturated rings. The molecule has 2 aliphatic heterocycles. The largest absolute Gasteiger partial charge is 0.489 e. The molecule has 2 amide bonds. The topological polar surface area (TPSA) is 60.1 Å². The minimum atomic E-state index is -0.839. The minimum absolute atomic E-state index is 0.128. The van der Waals surface area contributed by atoms with E-state index in [2.05, 4.69) is 82.2 Å². The van der Waals surface area contributed by atoms with Crippen LogP contribution in [0.15, 0.2) is 91.5 Å². The summed E-state index contributed by atoms with van der Waals surface area (Å²) in [6, 6.07) is 25.1. The van der Waals surface area contributed by atoms with Gasteiger partial charge in [0.1, 0.15) is 23.1 Å². The molecule has 2 N–H and O–H groups in total. The Hall–Kier alpha value is -4.89. The number of benzene rings is 4. The van der Waals surface area contributed by atoms with Crippen molar-refractivity contribution in [3.63, 3.8) is 0 Å². The number of para-hydroxylation sites is 3. The molecule has 9 heteroatoms. The van der Waals surface area contributed by atoms with Crippen molar-refractivity contribution in [3.05, 3.63) is 120 Å². The number of carbonyl (C=O) groups is 1. The van der Waals surface area contributed by atoms with E-state index in [1.54, 1.807) is 6.07 Å². The van der Waals surface area contributed by atoms with Crippen LogP contribution in [0, 0.1) is 11.6 Å². The number of ether oxygens (including phenoxy) is 1. The van der Waals surface area contributed by atoms with Crippen LogP contribution in [0.5, 0.6) is 5.75 Å². The summed E-state index contributed by atoms with van der Waals surface area (Å²) in [7, 11) is 0. The first-order chi connectivity index (χ1) is 22.2. The molecule has 0 spiro atoms. The van der Waals surface area contributed by atoms with E-state index >= 15 is 0 Å². The highest BCUT2D eigenvalue weighted by Crippen LogP contribution is 2.36. The molecule has 0 radical (unpaired) electrons. The van der Waals surface area contributed by atoms with Gasteiger partial charge in [-0.2, -0.15) is 0 Å². The molecule has 6 rings (SSSR count). The van der Waals surface area contributed by atoms with Gasteiger partial charge in [0, 0.05) is 56.3 Å². The minimum Gasteiger partial charge on any atom is -0.489 e. The van der Waals surface area contributed by atoms with Gasteiger partial charge in [-0.3, -0.25) is 4.90 Å². The molecule has 46 heavy (non-hydrogen) atoms. The van der Waals surface area contributed by atoms with Gasteiger partial charge in [0.2, 0.25) is 0 Å². The molecule has 0 bridgehead atoms. The maximum atomic E-state index is 14.0. The number of halogens is 2. The lowest BCUT2D eigenvalue weighted by atomic mass is 10.1. The summed E-state index contributed by atoms with van der Waals surface area (Å²) in [6.07, 6.45) is 0.972. The number of nitrogens with one attached hydrogen (secondary N) is 2. The van der Waals surface area contributed by atoms with Crippen LogP contribution in [0.3, 0.4) is 0 Å². The number of hydrogen-bond acceptors (Lipinski definition) is 5. The standard InChI is InChI=1S/C37H39F2N5O2/c1-25(2)46-35-13-5-4-12-33(35)43-20-18-42(19-21-43)24-27-8-6-9-29(22-27)26(3)44-17-16-28-14-15-30(23-34(28)44)40-37(45)41-36-31(38)10-7-11-32(36)39/h4-15,22-23,25H,3,16-21,24H2,1-2H3,(H2,40,41,45). The number of rotatable bonds is 9. The van der Waals surface area contributed by atoms with E-state index in [1.807, 2.05) is 24.3 Å². The summed E-state index contributed by atoms with van der Waals surface area (Å²) >= 11 is 0. The number of piperazine rings is 1. The number of fused-ring (bicyclic) bond motifs is 1. The number of nitrogens with zero attached hydrogens (tertiary/aromatic N) is 3. The van der Waals surface area contributed by atoms with E-state index in [9.17, 15) is 13.6 Å². The van der Waals surface area contributed by atoms with Crippen LogP contribution < -0.4 is 25.2 Å². The fourth-order valence-electron chi connectivity index (χ4n) is 6.11. The molecule has 0 atom stereocenters. The lowest BCUT2D eigenvalue weighted by molar-refractivity contribution is 0.235. The van der Waals surface area contributed by atoms with Crippen molar-refractivity contribution in [2.24, 2.45) is 0 Å². The normalized spacial score (nSPS) is 14.7. The zero-order chi connectivity index (χ0) is 32.2. The highest BCUT2D eigenvalue weighted by Gasteiger charge is 2.24. The quantitative estimate of drug-likeness (QED) is 0.200. The fourth-order valence-corrected chi connectivity index (χ4v) is 6.11. The van der Waals surface area contributed by atoms with E-state index in [0.717, 1.165) is 91.8 Å². The van der Waals surface area contributed by atoms with Crippen molar-refractivity contribution >= 4 is 34.5 Å². The third-order valence-electron chi connectivity index (χ3n) is 8.37. The summed E-state index contributed by atoms with van der Waals surface area (Å²) in [4.78, 5) is 19.6. The van der Waals surface area contributed by atoms with Crippen LogP contribution in [-0.4, -0.2) is 49.8 Å². The molecule has 1 saturated heterocycles. The third kappa shape index (κ3) is 7.00. The van der Waals surface area contributed by atoms with Gasteiger partial charge in [0.15, 0.2) is 0 Å².